The molecule has 0 saturated heterocycles. The number of benzene rings is 1. The minimum atomic E-state index is 0.0717. The summed E-state index contributed by atoms with van der Waals surface area (Å²) in [4.78, 5) is 0. The van der Waals surface area contributed by atoms with Crippen molar-refractivity contribution in [2.45, 2.75) is 32.6 Å². The van der Waals surface area contributed by atoms with Gasteiger partial charge in [-0.2, -0.15) is 0 Å². The van der Waals surface area contributed by atoms with Gasteiger partial charge in [0.2, 0.25) is 0 Å². The van der Waals surface area contributed by atoms with Gasteiger partial charge >= 0.3 is 0 Å². The second kappa shape index (κ2) is 6.21. The van der Waals surface area contributed by atoms with Crippen molar-refractivity contribution in [2.24, 2.45) is 17.4 Å². The van der Waals surface area contributed by atoms with Crippen LogP contribution in [0.3, 0.4) is 0 Å². The smallest absolute Gasteiger partial charge is 0.122 e. The van der Waals surface area contributed by atoms with Crippen LogP contribution in [0.4, 0.5) is 0 Å². The van der Waals surface area contributed by atoms with Crippen LogP contribution in [0.2, 0.25) is 0 Å². The highest BCUT2D eigenvalue weighted by molar-refractivity contribution is 5.41. The maximum Gasteiger partial charge on any atom is 0.122 e. The van der Waals surface area contributed by atoms with Gasteiger partial charge in [-0.1, -0.05) is 32.9 Å². The molecule has 0 bridgehead atoms. The molecule has 0 saturated carbocycles. The van der Waals surface area contributed by atoms with Crippen molar-refractivity contribution in [1.82, 2.24) is 0 Å². The summed E-state index contributed by atoms with van der Waals surface area (Å²) in [5.74, 6) is 1.30. The van der Waals surface area contributed by atoms with Crippen molar-refractivity contribution in [2.75, 3.05) is 20.2 Å². The van der Waals surface area contributed by atoms with Gasteiger partial charge in [-0.15, -0.1) is 0 Å². The summed E-state index contributed by atoms with van der Waals surface area (Å²) in [6.07, 6.45) is 0.931. The molecule has 4 N–H and O–H groups in total. The molecule has 3 heteroatoms. The average molecular weight is 250 g/mol. The summed E-state index contributed by atoms with van der Waals surface area (Å²) in [5.41, 5.74) is 14.0. The Morgan fingerprint density at radius 1 is 1.17 bits per heavy atom. The van der Waals surface area contributed by atoms with E-state index in [9.17, 15) is 0 Å². The van der Waals surface area contributed by atoms with E-state index >= 15 is 0 Å². The zero-order valence-corrected chi connectivity index (χ0v) is 12.0. The molecule has 1 aromatic rings. The first kappa shape index (κ1) is 15.0. The van der Waals surface area contributed by atoms with Gasteiger partial charge in [-0.25, -0.2) is 0 Å². The number of hydrogen-bond acceptors (Lipinski definition) is 3. The zero-order chi connectivity index (χ0) is 13.8. The third kappa shape index (κ3) is 3.72. The fourth-order valence-electron chi connectivity index (χ4n) is 2.06. The second-order valence-corrected chi connectivity index (χ2v) is 5.83. The molecule has 0 amide bonds. The maximum absolute atomic E-state index is 5.71. The van der Waals surface area contributed by atoms with E-state index < -0.39 is 0 Å². The molecule has 102 valence electrons. The fourth-order valence-corrected chi connectivity index (χ4v) is 2.06. The molecule has 1 aromatic carbocycles. The molecule has 0 spiro atoms. The summed E-state index contributed by atoms with van der Waals surface area (Å²) < 4.78 is 5.44. The van der Waals surface area contributed by atoms with E-state index in [0.717, 1.165) is 12.2 Å². The predicted octanol–water partition coefficient (Wildman–Crippen LogP) is 2.07. The monoisotopic (exact) mass is 250 g/mol. The molecule has 18 heavy (non-hydrogen) atoms. The van der Waals surface area contributed by atoms with E-state index in [-0.39, 0.29) is 5.41 Å². The summed E-state index contributed by atoms with van der Waals surface area (Å²) in [7, 11) is 1.72. The highest BCUT2D eigenvalue weighted by atomic mass is 16.5. The molecule has 0 aromatic heterocycles. The third-order valence-electron chi connectivity index (χ3n) is 3.26. The van der Waals surface area contributed by atoms with E-state index in [1.165, 1.54) is 11.1 Å². The van der Waals surface area contributed by atoms with Crippen LogP contribution in [0.15, 0.2) is 18.2 Å². The van der Waals surface area contributed by atoms with Crippen molar-refractivity contribution in [3.63, 3.8) is 0 Å². The van der Waals surface area contributed by atoms with Crippen molar-refractivity contribution in [1.29, 1.82) is 0 Å². The van der Waals surface area contributed by atoms with Gasteiger partial charge in [0.15, 0.2) is 0 Å². The molecule has 3 nitrogen and oxygen atoms in total. The maximum atomic E-state index is 5.71. The highest BCUT2D eigenvalue weighted by Crippen LogP contribution is 2.32. The van der Waals surface area contributed by atoms with Crippen LogP contribution in [-0.2, 0) is 11.8 Å². The minimum Gasteiger partial charge on any atom is -0.496 e. The van der Waals surface area contributed by atoms with E-state index in [2.05, 4.69) is 32.9 Å². The first-order chi connectivity index (χ1) is 8.42. The first-order valence-corrected chi connectivity index (χ1v) is 6.50. The lowest BCUT2D eigenvalue weighted by Crippen LogP contribution is -2.25. The molecule has 0 atom stereocenters. The normalized spacial score (nSPS) is 11.9. The Labute approximate surface area is 111 Å². The molecule has 0 radical (unpaired) electrons. The van der Waals surface area contributed by atoms with Crippen molar-refractivity contribution < 1.29 is 4.74 Å². The SMILES string of the molecule is COc1ccc(CC(CN)CN)cc1C(C)(C)C. The lowest BCUT2D eigenvalue weighted by molar-refractivity contribution is 0.397. The van der Waals surface area contributed by atoms with Crippen LogP contribution in [0.5, 0.6) is 5.75 Å². The molecule has 0 unspecified atom stereocenters. The Morgan fingerprint density at radius 2 is 1.78 bits per heavy atom. The van der Waals surface area contributed by atoms with Crippen LogP contribution < -0.4 is 16.2 Å². The summed E-state index contributed by atoms with van der Waals surface area (Å²) in [6.45, 7) is 7.84. The van der Waals surface area contributed by atoms with Crippen LogP contribution in [0.1, 0.15) is 31.9 Å². The van der Waals surface area contributed by atoms with E-state index in [4.69, 9.17) is 16.2 Å². The Bertz CT molecular complexity index is 379. The molecule has 0 aliphatic carbocycles. The number of hydrogen-bond donors (Lipinski definition) is 2. The van der Waals surface area contributed by atoms with Crippen LogP contribution in [-0.4, -0.2) is 20.2 Å². The topological polar surface area (TPSA) is 61.3 Å². The van der Waals surface area contributed by atoms with Crippen molar-refractivity contribution >= 4 is 0 Å². The van der Waals surface area contributed by atoms with Gasteiger partial charge in [0, 0.05) is 0 Å². The second-order valence-electron chi connectivity index (χ2n) is 5.83. The fraction of sp³-hybridized carbons (Fsp3) is 0.600. The molecule has 1 rings (SSSR count). The quantitative estimate of drug-likeness (QED) is 0.841. The Hall–Kier alpha value is -1.06. The van der Waals surface area contributed by atoms with Gasteiger partial charge < -0.3 is 16.2 Å². The minimum absolute atomic E-state index is 0.0717. The van der Waals surface area contributed by atoms with E-state index in [0.29, 0.717) is 19.0 Å². The number of methoxy groups -OCH3 is 1. The number of nitrogens with two attached hydrogens (primary N) is 2. The van der Waals surface area contributed by atoms with E-state index in [1.54, 1.807) is 7.11 Å². The molecular formula is C15H26N2O. The standard InChI is InChI=1S/C15H26N2O/c1-15(2,3)13-8-11(5-6-14(13)18-4)7-12(9-16)10-17/h5-6,8,12H,7,9-10,16-17H2,1-4H3. The van der Waals surface area contributed by atoms with Crippen LogP contribution >= 0.6 is 0 Å². The predicted molar refractivity (Wildman–Crippen MR) is 77.0 cm³/mol. The van der Waals surface area contributed by atoms with Crippen molar-refractivity contribution in [3.8, 4) is 5.75 Å². The molecular weight excluding hydrogens is 224 g/mol. The van der Waals surface area contributed by atoms with Gasteiger partial charge in [-0.05, 0) is 48.0 Å². The lowest BCUT2D eigenvalue weighted by Gasteiger charge is -2.23. The third-order valence-corrected chi connectivity index (χ3v) is 3.26. The number of rotatable bonds is 5. The number of ether oxygens (including phenoxy) is 1. The Morgan fingerprint density at radius 3 is 2.22 bits per heavy atom. The molecule has 0 aliphatic rings. The summed E-state index contributed by atoms with van der Waals surface area (Å²) in [5, 5.41) is 0. The Balaban J connectivity index is 3.03. The molecule has 0 heterocycles. The zero-order valence-electron chi connectivity index (χ0n) is 12.0. The lowest BCUT2D eigenvalue weighted by atomic mass is 9.84. The van der Waals surface area contributed by atoms with Crippen LogP contribution in [0.25, 0.3) is 0 Å². The molecule has 0 fully saturated rings. The van der Waals surface area contributed by atoms with Gasteiger partial charge in [0.1, 0.15) is 5.75 Å². The van der Waals surface area contributed by atoms with E-state index in [1.807, 2.05) is 6.07 Å². The molecule has 0 aliphatic heterocycles. The Kier molecular flexibility index (Phi) is 5.17. The van der Waals surface area contributed by atoms with Crippen molar-refractivity contribution in [3.05, 3.63) is 29.3 Å². The van der Waals surface area contributed by atoms with Gasteiger partial charge in [0.05, 0.1) is 7.11 Å². The summed E-state index contributed by atoms with van der Waals surface area (Å²) in [6, 6.07) is 6.36. The van der Waals surface area contributed by atoms with Gasteiger partial charge in [0.25, 0.3) is 0 Å². The van der Waals surface area contributed by atoms with Gasteiger partial charge in [-0.3, -0.25) is 0 Å². The largest absolute Gasteiger partial charge is 0.496 e. The average Bonchev–Trinajstić information content (AvgIpc) is 2.34. The summed E-state index contributed by atoms with van der Waals surface area (Å²) >= 11 is 0. The van der Waals surface area contributed by atoms with Crippen LogP contribution in [0, 0.1) is 5.92 Å². The first-order valence-electron chi connectivity index (χ1n) is 6.50. The highest BCUT2D eigenvalue weighted by Gasteiger charge is 2.19.